The van der Waals surface area contributed by atoms with Crippen LogP contribution in [0.25, 0.3) is 0 Å². The molecule has 2 rings (SSSR count). The Labute approximate surface area is 66.7 Å². The first-order chi connectivity index (χ1) is 5.36. The van der Waals surface area contributed by atoms with Crippen LogP contribution in [0.15, 0.2) is 11.6 Å². The molecule has 1 amide bonds. The highest BCUT2D eigenvalue weighted by atomic mass is 16.1. The summed E-state index contributed by atoms with van der Waals surface area (Å²) in [7, 11) is 0. The van der Waals surface area contributed by atoms with Gasteiger partial charge in [-0.05, 0) is 32.1 Å². The molecule has 0 bridgehead atoms. The smallest absolute Gasteiger partial charge is 0.247 e. The van der Waals surface area contributed by atoms with Crippen molar-refractivity contribution in [2.45, 2.75) is 38.1 Å². The predicted octanol–water partition coefficient (Wildman–Crippen LogP) is 1.38. The molecule has 2 aliphatic carbocycles. The number of hydrogen-bond donors (Lipinski definition) is 1. The molecule has 0 unspecified atom stereocenters. The zero-order valence-corrected chi connectivity index (χ0v) is 6.60. The Kier molecular flexibility index (Phi) is 1.68. The molecule has 2 heteroatoms. The van der Waals surface area contributed by atoms with Crippen molar-refractivity contribution in [3.63, 3.8) is 0 Å². The van der Waals surface area contributed by atoms with E-state index in [0.717, 1.165) is 24.8 Å². The van der Waals surface area contributed by atoms with Crippen molar-refractivity contribution >= 4 is 5.91 Å². The van der Waals surface area contributed by atoms with Gasteiger partial charge < -0.3 is 5.32 Å². The van der Waals surface area contributed by atoms with Crippen LogP contribution in [0.5, 0.6) is 0 Å². The standard InChI is InChI=1S/C9H13NO/c11-9(10-8-5-6-8)7-3-1-2-4-7/h3,8H,1-2,4-6H2,(H,10,11). The molecule has 1 fully saturated rings. The van der Waals surface area contributed by atoms with Gasteiger partial charge in [-0.1, -0.05) is 6.08 Å². The van der Waals surface area contributed by atoms with E-state index in [2.05, 4.69) is 11.4 Å². The molecule has 60 valence electrons. The molecule has 0 aromatic rings. The molecule has 11 heavy (non-hydrogen) atoms. The van der Waals surface area contributed by atoms with Crippen molar-refractivity contribution in [1.29, 1.82) is 0 Å². The van der Waals surface area contributed by atoms with Gasteiger partial charge in [0, 0.05) is 11.6 Å². The zero-order chi connectivity index (χ0) is 7.68. The molecule has 0 saturated heterocycles. The maximum atomic E-state index is 11.3. The fraction of sp³-hybridized carbons (Fsp3) is 0.667. The highest BCUT2D eigenvalue weighted by molar-refractivity contribution is 5.94. The number of amides is 1. The normalized spacial score (nSPS) is 23.1. The Balaban J connectivity index is 1.87. The summed E-state index contributed by atoms with van der Waals surface area (Å²) in [4.78, 5) is 11.3. The summed E-state index contributed by atoms with van der Waals surface area (Å²) in [6, 6.07) is 0.504. The minimum absolute atomic E-state index is 0.185. The molecular formula is C9H13NO. The van der Waals surface area contributed by atoms with E-state index in [1.807, 2.05) is 0 Å². The van der Waals surface area contributed by atoms with Crippen LogP contribution in [0.3, 0.4) is 0 Å². The van der Waals surface area contributed by atoms with Crippen LogP contribution in [0.4, 0.5) is 0 Å². The van der Waals surface area contributed by atoms with E-state index in [9.17, 15) is 4.79 Å². The van der Waals surface area contributed by atoms with E-state index >= 15 is 0 Å². The molecule has 0 aromatic heterocycles. The number of carbonyl (C=O) groups is 1. The summed E-state index contributed by atoms with van der Waals surface area (Å²) in [6.45, 7) is 0. The van der Waals surface area contributed by atoms with Crippen molar-refractivity contribution < 1.29 is 4.79 Å². The van der Waals surface area contributed by atoms with Crippen molar-refractivity contribution in [1.82, 2.24) is 5.32 Å². The van der Waals surface area contributed by atoms with Crippen LogP contribution in [0.1, 0.15) is 32.1 Å². The Morgan fingerprint density at radius 2 is 2.36 bits per heavy atom. The van der Waals surface area contributed by atoms with Gasteiger partial charge in [0.25, 0.3) is 0 Å². The predicted molar refractivity (Wildman–Crippen MR) is 43.1 cm³/mol. The lowest BCUT2D eigenvalue weighted by molar-refractivity contribution is -0.117. The van der Waals surface area contributed by atoms with E-state index in [1.54, 1.807) is 0 Å². The first kappa shape index (κ1) is 6.89. The molecule has 2 nitrogen and oxygen atoms in total. The minimum atomic E-state index is 0.185. The maximum absolute atomic E-state index is 11.3. The van der Waals surface area contributed by atoms with Gasteiger partial charge in [0.15, 0.2) is 0 Å². The molecule has 2 aliphatic rings. The molecule has 0 aliphatic heterocycles. The molecule has 0 aromatic carbocycles. The highest BCUT2D eigenvalue weighted by Crippen LogP contribution is 2.22. The molecule has 0 heterocycles. The van der Waals surface area contributed by atoms with Crippen LogP contribution >= 0.6 is 0 Å². The Morgan fingerprint density at radius 1 is 1.55 bits per heavy atom. The number of rotatable bonds is 2. The Bertz CT molecular complexity index is 204. The number of allylic oxidation sites excluding steroid dienone is 1. The van der Waals surface area contributed by atoms with Gasteiger partial charge in [0.05, 0.1) is 0 Å². The average Bonchev–Trinajstić information content (AvgIpc) is 2.67. The molecular weight excluding hydrogens is 138 g/mol. The maximum Gasteiger partial charge on any atom is 0.247 e. The number of carbonyl (C=O) groups excluding carboxylic acids is 1. The van der Waals surface area contributed by atoms with Gasteiger partial charge in [-0.15, -0.1) is 0 Å². The van der Waals surface area contributed by atoms with Gasteiger partial charge >= 0.3 is 0 Å². The van der Waals surface area contributed by atoms with Gasteiger partial charge in [-0.25, -0.2) is 0 Å². The van der Waals surface area contributed by atoms with Crippen molar-refractivity contribution in [2.75, 3.05) is 0 Å². The average molecular weight is 151 g/mol. The second-order valence-corrected chi connectivity index (χ2v) is 3.37. The Morgan fingerprint density at radius 3 is 2.91 bits per heavy atom. The largest absolute Gasteiger partial charge is 0.350 e. The van der Waals surface area contributed by atoms with Crippen LogP contribution in [0.2, 0.25) is 0 Å². The Hall–Kier alpha value is -0.790. The second kappa shape index (κ2) is 2.68. The van der Waals surface area contributed by atoms with Gasteiger partial charge in [-0.3, -0.25) is 4.79 Å². The second-order valence-electron chi connectivity index (χ2n) is 3.37. The minimum Gasteiger partial charge on any atom is -0.350 e. The first-order valence-corrected chi connectivity index (χ1v) is 4.36. The summed E-state index contributed by atoms with van der Waals surface area (Å²) in [6.07, 6.45) is 7.66. The quantitative estimate of drug-likeness (QED) is 0.634. The lowest BCUT2D eigenvalue weighted by Gasteiger charge is -2.01. The summed E-state index contributed by atoms with van der Waals surface area (Å²) in [5, 5.41) is 2.99. The van der Waals surface area contributed by atoms with Gasteiger partial charge in [-0.2, -0.15) is 0 Å². The van der Waals surface area contributed by atoms with Crippen LogP contribution in [0, 0.1) is 0 Å². The lowest BCUT2D eigenvalue weighted by Crippen LogP contribution is -2.26. The summed E-state index contributed by atoms with van der Waals surface area (Å²) in [5.74, 6) is 0.185. The van der Waals surface area contributed by atoms with Gasteiger partial charge in [0.2, 0.25) is 5.91 Å². The number of nitrogens with one attached hydrogen (secondary N) is 1. The summed E-state index contributed by atoms with van der Waals surface area (Å²) >= 11 is 0. The molecule has 0 spiro atoms. The third-order valence-corrected chi connectivity index (χ3v) is 2.25. The van der Waals surface area contributed by atoms with E-state index < -0.39 is 0 Å². The van der Waals surface area contributed by atoms with E-state index in [-0.39, 0.29) is 5.91 Å². The molecule has 1 saturated carbocycles. The summed E-state index contributed by atoms with van der Waals surface area (Å²) < 4.78 is 0. The third-order valence-electron chi connectivity index (χ3n) is 2.25. The third kappa shape index (κ3) is 1.62. The zero-order valence-electron chi connectivity index (χ0n) is 6.60. The molecule has 1 N–H and O–H groups in total. The van der Waals surface area contributed by atoms with E-state index in [0.29, 0.717) is 6.04 Å². The van der Waals surface area contributed by atoms with E-state index in [4.69, 9.17) is 0 Å². The van der Waals surface area contributed by atoms with Crippen molar-refractivity contribution in [3.05, 3.63) is 11.6 Å². The van der Waals surface area contributed by atoms with Crippen molar-refractivity contribution in [2.24, 2.45) is 0 Å². The summed E-state index contributed by atoms with van der Waals surface area (Å²) in [5.41, 5.74) is 1.01. The van der Waals surface area contributed by atoms with Crippen LogP contribution < -0.4 is 5.32 Å². The highest BCUT2D eigenvalue weighted by Gasteiger charge is 2.25. The molecule has 0 atom stereocenters. The fourth-order valence-electron chi connectivity index (χ4n) is 1.38. The number of hydrogen-bond acceptors (Lipinski definition) is 1. The van der Waals surface area contributed by atoms with E-state index in [1.165, 1.54) is 12.8 Å². The van der Waals surface area contributed by atoms with Crippen LogP contribution in [-0.4, -0.2) is 11.9 Å². The fourth-order valence-corrected chi connectivity index (χ4v) is 1.38. The topological polar surface area (TPSA) is 29.1 Å². The SMILES string of the molecule is O=C(NC1CC1)C1=CCCC1. The lowest BCUT2D eigenvalue weighted by atomic mass is 10.2. The van der Waals surface area contributed by atoms with Crippen LogP contribution in [-0.2, 0) is 4.79 Å². The first-order valence-electron chi connectivity index (χ1n) is 4.36. The van der Waals surface area contributed by atoms with Crippen molar-refractivity contribution in [3.8, 4) is 0 Å². The molecule has 0 radical (unpaired) electrons. The van der Waals surface area contributed by atoms with Gasteiger partial charge in [0.1, 0.15) is 0 Å². The monoisotopic (exact) mass is 151 g/mol.